The van der Waals surface area contributed by atoms with Gasteiger partial charge in [-0.25, -0.2) is 13.2 Å². The lowest BCUT2D eigenvalue weighted by Gasteiger charge is -2.15. The predicted octanol–water partition coefficient (Wildman–Crippen LogP) is 6.23. The average Bonchev–Trinajstić information content (AvgIpc) is 2.55. The smallest absolute Gasteiger partial charge is 0.196 e. The Labute approximate surface area is 146 Å². The molecule has 25 heavy (non-hydrogen) atoms. The van der Waals surface area contributed by atoms with Crippen LogP contribution in [0.4, 0.5) is 13.2 Å². The molecule has 0 aromatic heterocycles. The highest BCUT2D eigenvalue weighted by molar-refractivity contribution is 6.09. The fraction of sp³-hybridized carbons (Fsp3) is 0.381. The molecule has 1 nitrogen and oxygen atoms in total. The number of rotatable bonds is 2. The Bertz CT molecular complexity index is 714. The molecule has 134 valence electrons. The van der Waals surface area contributed by atoms with E-state index in [1.807, 2.05) is 0 Å². The van der Waals surface area contributed by atoms with Crippen molar-refractivity contribution in [3.05, 3.63) is 70.5 Å². The normalized spacial score (nSPS) is 14.6. The van der Waals surface area contributed by atoms with Gasteiger partial charge in [-0.05, 0) is 42.7 Å². The highest BCUT2D eigenvalue weighted by atomic mass is 19.1. The maximum atomic E-state index is 13.6. The van der Waals surface area contributed by atoms with Gasteiger partial charge in [0.25, 0.3) is 0 Å². The van der Waals surface area contributed by atoms with E-state index < -0.39 is 23.2 Å². The van der Waals surface area contributed by atoms with Crippen LogP contribution in [0.5, 0.6) is 0 Å². The number of carbonyl (C=O) groups excluding carboxylic acids is 1. The van der Waals surface area contributed by atoms with Gasteiger partial charge in [0.05, 0.1) is 5.56 Å². The Morgan fingerprint density at radius 1 is 0.920 bits per heavy atom. The molecule has 0 heterocycles. The van der Waals surface area contributed by atoms with E-state index in [0.29, 0.717) is 11.6 Å². The summed E-state index contributed by atoms with van der Waals surface area (Å²) >= 11 is 0. The zero-order valence-corrected chi connectivity index (χ0v) is 14.6. The number of ketones is 1. The molecule has 1 aliphatic carbocycles. The number of benzene rings is 2. The van der Waals surface area contributed by atoms with Gasteiger partial charge in [0.2, 0.25) is 0 Å². The third-order valence-corrected chi connectivity index (χ3v) is 4.39. The molecule has 0 aliphatic heterocycles. The van der Waals surface area contributed by atoms with Gasteiger partial charge in [0.1, 0.15) is 17.5 Å². The molecule has 0 radical (unpaired) electrons. The largest absolute Gasteiger partial charge is 0.288 e. The van der Waals surface area contributed by atoms with E-state index in [9.17, 15) is 18.0 Å². The minimum atomic E-state index is -0.870. The van der Waals surface area contributed by atoms with Crippen LogP contribution >= 0.6 is 0 Å². The van der Waals surface area contributed by atoms with Crippen molar-refractivity contribution in [1.82, 2.24) is 0 Å². The van der Waals surface area contributed by atoms with Gasteiger partial charge < -0.3 is 0 Å². The van der Waals surface area contributed by atoms with Gasteiger partial charge >= 0.3 is 0 Å². The Balaban J connectivity index is 0.000000269. The fourth-order valence-corrected chi connectivity index (χ4v) is 2.95. The van der Waals surface area contributed by atoms with Crippen LogP contribution in [0.25, 0.3) is 0 Å². The van der Waals surface area contributed by atoms with E-state index >= 15 is 0 Å². The van der Waals surface area contributed by atoms with Crippen LogP contribution in [0.2, 0.25) is 0 Å². The summed E-state index contributed by atoms with van der Waals surface area (Å²) in [5.74, 6) is -2.15. The zero-order chi connectivity index (χ0) is 18.4. The lowest BCUT2D eigenvalue weighted by Crippen LogP contribution is -2.05. The molecule has 0 spiro atoms. The summed E-state index contributed by atoms with van der Waals surface area (Å²) < 4.78 is 39.5. The molecule has 1 saturated carbocycles. The van der Waals surface area contributed by atoms with Crippen LogP contribution in [-0.2, 0) is 0 Å². The molecule has 0 N–H and O–H groups in total. The number of halogens is 3. The van der Waals surface area contributed by atoms with E-state index in [4.69, 9.17) is 0 Å². The first-order valence-corrected chi connectivity index (χ1v) is 8.64. The van der Waals surface area contributed by atoms with Gasteiger partial charge in [-0.15, -0.1) is 0 Å². The van der Waals surface area contributed by atoms with Crippen molar-refractivity contribution >= 4 is 5.78 Å². The van der Waals surface area contributed by atoms with Crippen molar-refractivity contribution in [3.8, 4) is 0 Å². The van der Waals surface area contributed by atoms with E-state index in [2.05, 4.69) is 6.92 Å². The highest BCUT2D eigenvalue weighted by Gasteiger charge is 2.15. The van der Waals surface area contributed by atoms with Crippen molar-refractivity contribution in [2.45, 2.75) is 46.0 Å². The van der Waals surface area contributed by atoms with Crippen molar-refractivity contribution in [3.63, 3.8) is 0 Å². The molecule has 0 amide bonds. The number of hydrogen-bond acceptors (Lipinski definition) is 1. The topological polar surface area (TPSA) is 17.1 Å². The van der Waals surface area contributed by atoms with Crippen molar-refractivity contribution in [2.24, 2.45) is 5.92 Å². The lowest BCUT2D eigenvalue weighted by atomic mass is 9.91. The van der Waals surface area contributed by atoms with Gasteiger partial charge in [0.15, 0.2) is 5.78 Å². The SMILES string of the molecule is CC1CCCCC1.Cc1ccc(C(=O)c2cc(F)cc(F)c2)c(F)c1. The van der Waals surface area contributed by atoms with Crippen LogP contribution in [0.15, 0.2) is 36.4 Å². The van der Waals surface area contributed by atoms with Crippen molar-refractivity contribution in [2.75, 3.05) is 0 Å². The van der Waals surface area contributed by atoms with Crippen LogP contribution in [0.3, 0.4) is 0 Å². The molecule has 4 heteroatoms. The second-order valence-corrected chi connectivity index (χ2v) is 6.71. The standard InChI is InChI=1S/C14H9F3O.C7H14/c1-8-2-3-12(13(17)4-8)14(18)9-5-10(15)7-11(16)6-9;1-7-5-3-2-4-6-7/h2-7H,1H3;7H,2-6H2,1H3. The minimum Gasteiger partial charge on any atom is -0.288 e. The molecule has 0 saturated heterocycles. The Hall–Kier alpha value is -2.10. The third kappa shape index (κ3) is 5.73. The summed E-state index contributed by atoms with van der Waals surface area (Å²) in [4.78, 5) is 11.9. The van der Waals surface area contributed by atoms with E-state index in [-0.39, 0.29) is 11.1 Å². The Kier molecular flexibility index (Phi) is 6.80. The number of carbonyl (C=O) groups is 1. The van der Waals surface area contributed by atoms with Crippen LogP contribution in [0.1, 0.15) is 60.5 Å². The minimum absolute atomic E-state index is 0.203. The average molecular weight is 348 g/mol. The maximum Gasteiger partial charge on any atom is 0.196 e. The van der Waals surface area contributed by atoms with Crippen molar-refractivity contribution < 1.29 is 18.0 Å². The first-order valence-electron chi connectivity index (χ1n) is 8.64. The van der Waals surface area contributed by atoms with Crippen molar-refractivity contribution in [1.29, 1.82) is 0 Å². The lowest BCUT2D eigenvalue weighted by molar-refractivity contribution is 0.103. The monoisotopic (exact) mass is 348 g/mol. The molecule has 3 rings (SSSR count). The molecule has 0 unspecified atom stereocenters. The fourth-order valence-electron chi connectivity index (χ4n) is 2.95. The molecule has 0 atom stereocenters. The Morgan fingerprint density at radius 3 is 2.00 bits per heavy atom. The van der Waals surface area contributed by atoms with Gasteiger partial charge in [0, 0.05) is 11.6 Å². The van der Waals surface area contributed by atoms with E-state index in [0.717, 1.165) is 18.1 Å². The van der Waals surface area contributed by atoms with Gasteiger partial charge in [-0.2, -0.15) is 0 Å². The highest BCUT2D eigenvalue weighted by Crippen LogP contribution is 2.22. The van der Waals surface area contributed by atoms with Crippen LogP contribution < -0.4 is 0 Å². The summed E-state index contributed by atoms with van der Waals surface area (Å²) in [7, 11) is 0. The maximum absolute atomic E-state index is 13.6. The second-order valence-electron chi connectivity index (χ2n) is 6.71. The third-order valence-electron chi connectivity index (χ3n) is 4.39. The molecular formula is C21H23F3O. The molecular weight excluding hydrogens is 325 g/mol. The van der Waals surface area contributed by atoms with Gasteiger partial charge in [-0.1, -0.05) is 45.1 Å². The summed E-state index contributed by atoms with van der Waals surface area (Å²) in [6.45, 7) is 4.04. The summed E-state index contributed by atoms with van der Waals surface area (Å²) in [5.41, 5.74) is 0.246. The molecule has 1 fully saturated rings. The number of hydrogen-bond donors (Lipinski definition) is 0. The molecule has 2 aromatic rings. The summed E-state index contributed by atoms with van der Waals surface area (Å²) in [5, 5.41) is 0. The molecule has 0 bridgehead atoms. The zero-order valence-electron chi connectivity index (χ0n) is 14.6. The van der Waals surface area contributed by atoms with E-state index in [1.54, 1.807) is 13.0 Å². The predicted molar refractivity (Wildman–Crippen MR) is 93.2 cm³/mol. The first kappa shape index (κ1) is 19.2. The second kappa shape index (κ2) is 8.84. The summed E-state index contributed by atoms with van der Waals surface area (Å²) in [6, 6.07) is 6.47. The molecule has 1 aliphatic rings. The quantitative estimate of drug-likeness (QED) is 0.588. The van der Waals surface area contributed by atoms with Gasteiger partial charge in [-0.3, -0.25) is 4.79 Å². The summed E-state index contributed by atoms with van der Waals surface area (Å²) in [6.07, 6.45) is 7.44. The van der Waals surface area contributed by atoms with E-state index in [1.165, 1.54) is 44.2 Å². The van der Waals surface area contributed by atoms with Crippen LogP contribution in [0, 0.1) is 30.3 Å². The first-order chi connectivity index (χ1) is 11.9. The van der Waals surface area contributed by atoms with Crippen LogP contribution in [-0.4, -0.2) is 5.78 Å². The Morgan fingerprint density at radius 2 is 1.52 bits per heavy atom. The molecule has 2 aromatic carbocycles. The number of aryl methyl sites for hydroxylation is 1.